The molecule has 1 amide bonds. The van der Waals surface area contributed by atoms with Crippen molar-refractivity contribution in [3.05, 3.63) is 35.4 Å². The average molecular weight is 345 g/mol. The van der Waals surface area contributed by atoms with Gasteiger partial charge in [-0.2, -0.15) is 0 Å². The molecule has 1 aliphatic carbocycles. The van der Waals surface area contributed by atoms with Crippen molar-refractivity contribution in [3.8, 4) is 0 Å². The van der Waals surface area contributed by atoms with E-state index in [0.29, 0.717) is 18.9 Å². The molecule has 0 aromatic heterocycles. The van der Waals surface area contributed by atoms with Crippen LogP contribution < -0.4 is 0 Å². The second-order valence-electron chi connectivity index (χ2n) is 5.62. The van der Waals surface area contributed by atoms with E-state index in [4.69, 9.17) is 5.11 Å². The predicted molar refractivity (Wildman–Crippen MR) is 80.7 cm³/mol. The first-order valence-corrected chi connectivity index (χ1v) is 7.01. The van der Waals surface area contributed by atoms with Crippen LogP contribution in [0, 0.1) is 11.6 Å². The quantitative estimate of drug-likeness (QED) is 0.915. The van der Waals surface area contributed by atoms with Gasteiger partial charge < -0.3 is 5.11 Å². The minimum atomic E-state index is -1.20. The van der Waals surface area contributed by atoms with Gasteiger partial charge in [-0.1, -0.05) is 12.8 Å². The van der Waals surface area contributed by atoms with Gasteiger partial charge in [0.1, 0.15) is 29.6 Å². The van der Waals surface area contributed by atoms with Crippen LogP contribution in [0.15, 0.2) is 23.2 Å². The molecule has 0 unspecified atom stereocenters. The normalized spacial score (nSPS) is 19.0. The number of carboxylic acid groups (broad SMARTS) is 1. The van der Waals surface area contributed by atoms with Gasteiger partial charge in [0.25, 0.3) is 5.91 Å². The van der Waals surface area contributed by atoms with Crippen LogP contribution in [-0.4, -0.2) is 39.8 Å². The number of halogens is 3. The first kappa shape index (κ1) is 17.3. The van der Waals surface area contributed by atoms with Crippen molar-refractivity contribution < 1.29 is 23.5 Å². The van der Waals surface area contributed by atoms with Gasteiger partial charge in [0.15, 0.2) is 0 Å². The van der Waals surface area contributed by atoms with Gasteiger partial charge in [-0.05, 0) is 25.0 Å². The molecule has 8 heteroatoms. The fourth-order valence-electron chi connectivity index (χ4n) is 3.13. The van der Waals surface area contributed by atoms with Gasteiger partial charge in [-0.3, -0.25) is 19.5 Å². The summed E-state index contributed by atoms with van der Waals surface area (Å²) >= 11 is 0. The minimum absolute atomic E-state index is 0. The first-order chi connectivity index (χ1) is 10.4. The van der Waals surface area contributed by atoms with Crippen LogP contribution in [0.5, 0.6) is 0 Å². The van der Waals surface area contributed by atoms with E-state index in [2.05, 4.69) is 4.99 Å². The molecule has 1 heterocycles. The maximum Gasteiger partial charge on any atom is 0.323 e. The van der Waals surface area contributed by atoms with Crippen molar-refractivity contribution in [2.75, 3.05) is 6.54 Å². The standard InChI is InChI=1S/C15H14F2N2O3.ClH/c16-10-5-9(6-11(17)7-10)13-18-15(3-1-2-4-15)14(22)19(13)8-12(20)21;/h5-7H,1-4,8H2,(H,20,21);1H. The number of carbonyl (C=O) groups is 2. The third kappa shape index (κ3) is 3.06. The van der Waals surface area contributed by atoms with Gasteiger partial charge in [0, 0.05) is 11.6 Å². The van der Waals surface area contributed by atoms with Crippen LogP contribution in [-0.2, 0) is 9.59 Å². The molecule has 1 aliphatic heterocycles. The van der Waals surface area contributed by atoms with E-state index < -0.39 is 35.6 Å². The van der Waals surface area contributed by atoms with Gasteiger partial charge in [-0.25, -0.2) is 8.78 Å². The Morgan fingerprint density at radius 2 is 1.78 bits per heavy atom. The number of amides is 1. The number of benzene rings is 1. The maximum atomic E-state index is 13.4. The summed E-state index contributed by atoms with van der Waals surface area (Å²) in [6.45, 7) is -0.572. The fraction of sp³-hybridized carbons (Fsp3) is 0.400. The Labute approximate surface area is 137 Å². The summed E-state index contributed by atoms with van der Waals surface area (Å²) in [6.07, 6.45) is 2.70. The Hall–Kier alpha value is -2.02. The molecular formula is C15H15ClF2N2O3. The van der Waals surface area contributed by atoms with Crippen molar-refractivity contribution in [2.45, 2.75) is 31.2 Å². The molecule has 0 saturated heterocycles. The van der Waals surface area contributed by atoms with Crippen LogP contribution in [0.4, 0.5) is 8.78 Å². The van der Waals surface area contributed by atoms with E-state index in [1.807, 2.05) is 0 Å². The van der Waals surface area contributed by atoms with Crippen LogP contribution in [0.2, 0.25) is 0 Å². The fourth-order valence-corrected chi connectivity index (χ4v) is 3.13. The second-order valence-corrected chi connectivity index (χ2v) is 5.62. The smallest absolute Gasteiger partial charge is 0.323 e. The highest BCUT2D eigenvalue weighted by Crippen LogP contribution is 2.39. The number of amidine groups is 1. The van der Waals surface area contributed by atoms with E-state index in [1.165, 1.54) is 0 Å². The lowest BCUT2D eigenvalue weighted by molar-refractivity contribution is -0.142. The van der Waals surface area contributed by atoms with Crippen molar-refractivity contribution in [2.24, 2.45) is 4.99 Å². The minimum Gasteiger partial charge on any atom is -0.480 e. The molecule has 124 valence electrons. The number of hydrogen-bond acceptors (Lipinski definition) is 3. The lowest BCUT2D eigenvalue weighted by Gasteiger charge is -2.20. The Kier molecular flexibility index (Phi) is 4.70. The molecule has 2 aliphatic rings. The number of hydrogen-bond donors (Lipinski definition) is 1. The zero-order valence-corrected chi connectivity index (χ0v) is 12.9. The zero-order valence-electron chi connectivity index (χ0n) is 12.1. The second kappa shape index (κ2) is 6.23. The first-order valence-electron chi connectivity index (χ1n) is 7.01. The van der Waals surface area contributed by atoms with Gasteiger partial charge in [0.2, 0.25) is 0 Å². The third-order valence-electron chi connectivity index (χ3n) is 4.06. The highest BCUT2D eigenvalue weighted by atomic mass is 35.5. The molecule has 0 atom stereocenters. The molecule has 1 fully saturated rings. The highest BCUT2D eigenvalue weighted by Gasteiger charge is 2.50. The molecule has 1 aromatic carbocycles. The number of aliphatic imine (C=N–C) groups is 1. The number of carboxylic acids is 1. The van der Waals surface area contributed by atoms with E-state index in [9.17, 15) is 18.4 Å². The lowest BCUT2D eigenvalue weighted by atomic mass is 9.98. The summed E-state index contributed by atoms with van der Waals surface area (Å²) in [4.78, 5) is 29.0. The van der Waals surface area contributed by atoms with Crippen LogP contribution in [0.1, 0.15) is 31.2 Å². The third-order valence-corrected chi connectivity index (χ3v) is 4.06. The van der Waals surface area contributed by atoms with Crippen LogP contribution in [0.3, 0.4) is 0 Å². The Balaban J connectivity index is 0.00000192. The molecule has 5 nitrogen and oxygen atoms in total. The maximum absolute atomic E-state index is 13.4. The molecule has 3 rings (SSSR count). The SMILES string of the molecule is Cl.O=C(O)CN1C(=O)C2(CCCC2)N=C1c1cc(F)cc(F)c1. The Morgan fingerprint density at radius 3 is 2.30 bits per heavy atom. The lowest BCUT2D eigenvalue weighted by Crippen LogP contribution is -2.43. The number of carbonyl (C=O) groups excluding carboxylic acids is 1. The van der Waals surface area contributed by atoms with Crippen molar-refractivity contribution >= 4 is 30.1 Å². The van der Waals surface area contributed by atoms with Crippen molar-refractivity contribution in [1.82, 2.24) is 4.90 Å². The van der Waals surface area contributed by atoms with Crippen molar-refractivity contribution in [1.29, 1.82) is 0 Å². The Bertz CT molecular complexity index is 667. The van der Waals surface area contributed by atoms with Gasteiger partial charge in [-0.15, -0.1) is 12.4 Å². The van der Waals surface area contributed by atoms with E-state index in [1.54, 1.807) is 0 Å². The molecular weight excluding hydrogens is 330 g/mol. The zero-order chi connectivity index (χ0) is 15.9. The highest BCUT2D eigenvalue weighted by molar-refractivity contribution is 6.16. The summed E-state index contributed by atoms with van der Waals surface area (Å²) < 4.78 is 26.8. The average Bonchev–Trinajstić information content (AvgIpc) is 2.99. The molecule has 23 heavy (non-hydrogen) atoms. The largest absolute Gasteiger partial charge is 0.480 e. The molecule has 1 aromatic rings. The van der Waals surface area contributed by atoms with Gasteiger partial charge in [0.05, 0.1) is 0 Å². The van der Waals surface area contributed by atoms with E-state index in [0.717, 1.165) is 29.9 Å². The number of rotatable bonds is 3. The van der Waals surface area contributed by atoms with Crippen LogP contribution >= 0.6 is 12.4 Å². The Morgan fingerprint density at radius 1 is 1.22 bits per heavy atom. The van der Waals surface area contributed by atoms with E-state index in [-0.39, 0.29) is 23.8 Å². The topological polar surface area (TPSA) is 70.0 Å². The number of nitrogens with zero attached hydrogens (tertiary/aromatic N) is 2. The predicted octanol–water partition coefficient (Wildman–Crippen LogP) is 2.37. The molecule has 1 N–H and O–H groups in total. The number of aliphatic carboxylic acids is 1. The molecule has 1 spiro atoms. The van der Waals surface area contributed by atoms with Crippen molar-refractivity contribution in [3.63, 3.8) is 0 Å². The molecule has 0 bridgehead atoms. The summed E-state index contributed by atoms with van der Waals surface area (Å²) in [5.74, 6) is -3.16. The monoisotopic (exact) mass is 344 g/mol. The van der Waals surface area contributed by atoms with Crippen LogP contribution in [0.25, 0.3) is 0 Å². The van der Waals surface area contributed by atoms with Gasteiger partial charge >= 0.3 is 5.97 Å². The summed E-state index contributed by atoms with van der Waals surface area (Å²) in [6, 6.07) is 2.82. The summed E-state index contributed by atoms with van der Waals surface area (Å²) in [5, 5.41) is 9.00. The molecule has 1 saturated carbocycles. The summed E-state index contributed by atoms with van der Waals surface area (Å²) in [5.41, 5.74) is -0.885. The van der Waals surface area contributed by atoms with E-state index >= 15 is 0 Å². The molecule has 0 radical (unpaired) electrons. The summed E-state index contributed by atoms with van der Waals surface area (Å²) in [7, 11) is 0.